The van der Waals surface area contributed by atoms with Gasteiger partial charge in [0.1, 0.15) is 0 Å². The standard InChI is InChI=1S/C8H15NO/c1-4-7-5-9-10-8(7)6(2)3/h4,6-9H,1,5H2,2-3H3. The molecule has 1 saturated heterocycles. The number of hydroxylamine groups is 1. The van der Waals surface area contributed by atoms with Crippen LogP contribution >= 0.6 is 0 Å². The predicted molar refractivity (Wildman–Crippen MR) is 41.4 cm³/mol. The van der Waals surface area contributed by atoms with Gasteiger partial charge in [-0.25, -0.2) is 5.48 Å². The lowest BCUT2D eigenvalue weighted by Gasteiger charge is -2.16. The molecule has 1 fully saturated rings. The van der Waals surface area contributed by atoms with Crippen LogP contribution in [-0.4, -0.2) is 12.6 Å². The summed E-state index contributed by atoms with van der Waals surface area (Å²) < 4.78 is 0. The third kappa shape index (κ3) is 1.39. The van der Waals surface area contributed by atoms with Crippen LogP contribution in [0.3, 0.4) is 0 Å². The highest BCUT2D eigenvalue weighted by atomic mass is 16.7. The molecule has 58 valence electrons. The first-order valence-electron chi connectivity index (χ1n) is 3.76. The van der Waals surface area contributed by atoms with E-state index in [0.717, 1.165) is 6.54 Å². The zero-order valence-corrected chi connectivity index (χ0v) is 6.63. The molecular weight excluding hydrogens is 126 g/mol. The molecule has 1 aliphatic heterocycles. The molecule has 0 aromatic heterocycles. The molecule has 10 heavy (non-hydrogen) atoms. The van der Waals surface area contributed by atoms with Crippen LogP contribution in [0.4, 0.5) is 0 Å². The van der Waals surface area contributed by atoms with Crippen LogP contribution in [0.25, 0.3) is 0 Å². The van der Waals surface area contributed by atoms with Gasteiger partial charge in [0, 0.05) is 12.5 Å². The van der Waals surface area contributed by atoms with Crippen molar-refractivity contribution in [1.82, 2.24) is 5.48 Å². The van der Waals surface area contributed by atoms with Crippen LogP contribution in [0.2, 0.25) is 0 Å². The average molecular weight is 141 g/mol. The lowest BCUT2D eigenvalue weighted by Crippen LogP contribution is -2.21. The van der Waals surface area contributed by atoms with Crippen molar-refractivity contribution in [2.24, 2.45) is 11.8 Å². The lowest BCUT2D eigenvalue weighted by atomic mass is 9.94. The second kappa shape index (κ2) is 3.17. The molecule has 2 heteroatoms. The van der Waals surface area contributed by atoms with Gasteiger partial charge >= 0.3 is 0 Å². The Bertz CT molecular complexity index is 122. The van der Waals surface area contributed by atoms with E-state index in [-0.39, 0.29) is 0 Å². The van der Waals surface area contributed by atoms with E-state index in [1.165, 1.54) is 0 Å². The monoisotopic (exact) mass is 141 g/mol. The number of hydrogen-bond donors (Lipinski definition) is 1. The van der Waals surface area contributed by atoms with Gasteiger partial charge in [-0.1, -0.05) is 19.9 Å². The molecule has 2 unspecified atom stereocenters. The van der Waals surface area contributed by atoms with Crippen molar-refractivity contribution in [2.45, 2.75) is 20.0 Å². The van der Waals surface area contributed by atoms with Crippen LogP contribution in [0.15, 0.2) is 12.7 Å². The van der Waals surface area contributed by atoms with Crippen molar-refractivity contribution in [1.29, 1.82) is 0 Å². The van der Waals surface area contributed by atoms with Gasteiger partial charge in [-0.3, -0.25) is 4.84 Å². The van der Waals surface area contributed by atoms with Crippen molar-refractivity contribution in [3.05, 3.63) is 12.7 Å². The molecule has 0 aromatic rings. The number of nitrogens with one attached hydrogen (secondary N) is 1. The first-order chi connectivity index (χ1) is 4.75. The Morgan fingerprint density at radius 2 is 2.40 bits per heavy atom. The quantitative estimate of drug-likeness (QED) is 0.586. The van der Waals surface area contributed by atoms with Crippen LogP contribution in [-0.2, 0) is 4.84 Å². The Morgan fingerprint density at radius 3 is 2.80 bits per heavy atom. The highest BCUT2D eigenvalue weighted by Crippen LogP contribution is 2.20. The molecule has 0 saturated carbocycles. The molecule has 1 rings (SSSR count). The van der Waals surface area contributed by atoms with Crippen LogP contribution in [0, 0.1) is 11.8 Å². The summed E-state index contributed by atoms with van der Waals surface area (Å²) in [4.78, 5) is 5.30. The smallest absolute Gasteiger partial charge is 0.0888 e. The fourth-order valence-electron chi connectivity index (χ4n) is 1.29. The third-order valence-electron chi connectivity index (χ3n) is 1.92. The summed E-state index contributed by atoms with van der Waals surface area (Å²) in [5, 5.41) is 0. The maximum absolute atomic E-state index is 5.30. The Labute approximate surface area is 62.2 Å². The second-order valence-electron chi connectivity index (χ2n) is 3.07. The van der Waals surface area contributed by atoms with Crippen LogP contribution in [0.5, 0.6) is 0 Å². The predicted octanol–water partition coefficient (Wildman–Crippen LogP) is 1.35. The van der Waals surface area contributed by atoms with E-state index in [1.54, 1.807) is 0 Å². The average Bonchev–Trinajstić information content (AvgIpc) is 2.33. The molecule has 0 amide bonds. The van der Waals surface area contributed by atoms with Crippen molar-refractivity contribution in [3.63, 3.8) is 0 Å². The Kier molecular flexibility index (Phi) is 2.46. The normalized spacial score (nSPS) is 33.1. The molecule has 0 aliphatic carbocycles. The maximum atomic E-state index is 5.30. The van der Waals surface area contributed by atoms with E-state index in [0.29, 0.717) is 17.9 Å². The Morgan fingerprint density at radius 1 is 1.70 bits per heavy atom. The van der Waals surface area contributed by atoms with Gasteiger partial charge in [0.25, 0.3) is 0 Å². The maximum Gasteiger partial charge on any atom is 0.0888 e. The van der Waals surface area contributed by atoms with Crippen LogP contribution in [0.1, 0.15) is 13.8 Å². The summed E-state index contributed by atoms with van der Waals surface area (Å²) in [7, 11) is 0. The molecule has 1 heterocycles. The topological polar surface area (TPSA) is 21.3 Å². The minimum absolute atomic E-state index is 0.317. The van der Waals surface area contributed by atoms with Gasteiger partial charge in [0.05, 0.1) is 6.10 Å². The zero-order chi connectivity index (χ0) is 7.56. The zero-order valence-electron chi connectivity index (χ0n) is 6.63. The molecule has 0 radical (unpaired) electrons. The van der Waals surface area contributed by atoms with Gasteiger partial charge < -0.3 is 0 Å². The number of rotatable bonds is 2. The molecule has 1 aliphatic rings. The molecule has 0 aromatic carbocycles. The summed E-state index contributed by atoms with van der Waals surface area (Å²) >= 11 is 0. The first-order valence-corrected chi connectivity index (χ1v) is 3.76. The third-order valence-corrected chi connectivity index (χ3v) is 1.92. The fraction of sp³-hybridized carbons (Fsp3) is 0.750. The lowest BCUT2D eigenvalue weighted by molar-refractivity contribution is 0.00110. The highest BCUT2D eigenvalue weighted by molar-refractivity contribution is 4.90. The number of hydrogen-bond acceptors (Lipinski definition) is 2. The largest absolute Gasteiger partial charge is 0.298 e. The fourth-order valence-corrected chi connectivity index (χ4v) is 1.29. The molecule has 2 nitrogen and oxygen atoms in total. The van der Waals surface area contributed by atoms with E-state index >= 15 is 0 Å². The minimum atomic E-state index is 0.317. The van der Waals surface area contributed by atoms with E-state index in [2.05, 4.69) is 25.9 Å². The molecule has 0 bridgehead atoms. The summed E-state index contributed by atoms with van der Waals surface area (Å²) in [6.45, 7) is 8.99. The second-order valence-corrected chi connectivity index (χ2v) is 3.07. The molecular formula is C8H15NO. The SMILES string of the molecule is C=CC1CNOC1C(C)C. The van der Waals surface area contributed by atoms with Crippen molar-refractivity contribution in [2.75, 3.05) is 6.54 Å². The first kappa shape index (κ1) is 7.76. The van der Waals surface area contributed by atoms with Gasteiger partial charge in [0.15, 0.2) is 0 Å². The van der Waals surface area contributed by atoms with Crippen molar-refractivity contribution >= 4 is 0 Å². The highest BCUT2D eigenvalue weighted by Gasteiger charge is 2.28. The molecule has 1 N–H and O–H groups in total. The van der Waals surface area contributed by atoms with E-state index in [1.807, 2.05) is 6.08 Å². The summed E-state index contributed by atoms with van der Waals surface area (Å²) in [6, 6.07) is 0. The minimum Gasteiger partial charge on any atom is -0.298 e. The van der Waals surface area contributed by atoms with Crippen LogP contribution < -0.4 is 5.48 Å². The summed E-state index contributed by atoms with van der Waals surface area (Å²) in [5.41, 5.74) is 2.88. The molecule has 2 atom stereocenters. The van der Waals surface area contributed by atoms with Gasteiger partial charge in [-0.15, -0.1) is 6.58 Å². The Hall–Kier alpha value is -0.340. The van der Waals surface area contributed by atoms with Gasteiger partial charge in [-0.2, -0.15) is 0 Å². The van der Waals surface area contributed by atoms with Crippen molar-refractivity contribution < 1.29 is 4.84 Å². The molecule has 0 spiro atoms. The van der Waals surface area contributed by atoms with E-state index < -0.39 is 0 Å². The van der Waals surface area contributed by atoms with E-state index in [9.17, 15) is 0 Å². The summed E-state index contributed by atoms with van der Waals surface area (Å²) in [6.07, 6.45) is 2.28. The Balaban J connectivity index is 2.49. The van der Waals surface area contributed by atoms with E-state index in [4.69, 9.17) is 4.84 Å². The summed E-state index contributed by atoms with van der Waals surface area (Å²) in [5.74, 6) is 1.05. The van der Waals surface area contributed by atoms with Gasteiger partial charge in [-0.05, 0) is 5.92 Å². The van der Waals surface area contributed by atoms with Crippen molar-refractivity contribution in [3.8, 4) is 0 Å². The van der Waals surface area contributed by atoms with Gasteiger partial charge in [0.2, 0.25) is 0 Å².